The van der Waals surface area contributed by atoms with E-state index < -0.39 is 11.9 Å². The first-order valence-electron chi connectivity index (χ1n) is 9.52. The van der Waals surface area contributed by atoms with Gasteiger partial charge in [-0.3, -0.25) is 10.0 Å². The number of imidazole rings is 1. The van der Waals surface area contributed by atoms with E-state index >= 15 is 0 Å². The first kappa shape index (κ1) is 20.0. The van der Waals surface area contributed by atoms with E-state index in [1.807, 2.05) is 18.2 Å². The van der Waals surface area contributed by atoms with Crippen LogP contribution in [-0.4, -0.2) is 26.7 Å². The minimum absolute atomic E-state index is 0.120. The number of nitrogens with zero attached hydrogens (tertiary/aromatic N) is 2. The molecule has 0 unspecified atom stereocenters. The number of nitrogens with two attached hydrogens (primary N) is 1. The summed E-state index contributed by atoms with van der Waals surface area (Å²) in [5, 5.41) is 8.75. The van der Waals surface area contributed by atoms with E-state index in [9.17, 15) is 4.79 Å². The number of nitrogens with one attached hydrogen (secondary N) is 1. The van der Waals surface area contributed by atoms with Gasteiger partial charge < -0.3 is 10.3 Å². The summed E-state index contributed by atoms with van der Waals surface area (Å²) in [6, 6.07) is 15.9. The van der Waals surface area contributed by atoms with Crippen LogP contribution in [0.25, 0.3) is 11.0 Å². The van der Waals surface area contributed by atoms with Crippen molar-refractivity contribution in [3.8, 4) is 0 Å². The Balaban J connectivity index is 1.87. The van der Waals surface area contributed by atoms with Crippen molar-refractivity contribution in [2.75, 3.05) is 0 Å². The molecule has 0 aliphatic heterocycles. The fourth-order valence-corrected chi connectivity index (χ4v) is 3.28. The van der Waals surface area contributed by atoms with Crippen LogP contribution < -0.4 is 11.2 Å². The predicted molar refractivity (Wildman–Crippen MR) is 110 cm³/mol. The number of fused-ring (bicyclic) bond motifs is 1. The normalized spacial score (nSPS) is 12.9. The number of benzene rings is 2. The van der Waals surface area contributed by atoms with Gasteiger partial charge in [-0.15, -0.1) is 0 Å². The van der Waals surface area contributed by atoms with Crippen LogP contribution in [0.4, 0.5) is 0 Å². The molecule has 0 aliphatic carbocycles. The van der Waals surface area contributed by atoms with Crippen LogP contribution in [0.5, 0.6) is 0 Å². The molecule has 0 aliphatic rings. The highest BCUT2D eigenvalue weighted by atomic mass is 16.5. The molecule has 0 saturated heterocycles. The fraction of sp³-hybridized carbons (Fsp3) is 0.364. The van der Waals surface area contributed by atoms with Crippen LogP contribution in [-0.2, 0) is 23.2 Å². The summed E-state index contributed by atoms with van der Waals surface area (Å²) in [7, 11) is 0. The highest BCUT2D eigenvalue weighted by molar-refractivity contribution is 5.80. The van der Waals surface area contributed by atoms with Gasteiger partial charge in [0.15, 0.2) is 0 Å². The standard InChI is InChI=1S/C22H28N4O2/c1-22(2,3)16-10-8-15(9-11-16)14-26-19-7-5-4-6-18(19)24-20(26)13-12-17(23)21(27)25-28/h4-11,17,28H,12-14,23H2,1-3H3,(H,25,27)/t17-/m0/s1. The first-order valence-corrected chi connectivity index (χ1v) is 9.52. The second kappa shape index (κ2) is 8.12. The predicted octanol–water partition coefficient (Wildman–Crippen LogP) is 3.15. The molecule has 1 heterocycles. The van der Waals surface area contributed by atoms with Gasteiger partial charge >= 0.3 is 0 Å². The lowest BCUT2D eigenvalue weighted by Gasteiger charge is -2.19. The van der Waals surface area contributed by atoms with Crippen molar-refractivity contribution in [3.05, 3.63) is 65.5 Å². The minimum atomic E-state index is -0.774. The average Bonchev–Trinajstić information content (AvgIpc) is 3.02. The van der Waals surface area contributed by atoms with Gasteiger partial charge in [-0.2, -0.15) is 0 Å². The Bertz CT molecular complexity index is 955. The van der Waals surface area contributed by atoms with Crippen LogP contribution in [0, 0.1) is 0 Å². The maximum absolute atomic E-state index is 11.5. The lowest BCUT2D eigenvalue weighted by Crippen LogP contribution is -2.39. The molecule has 3 aromatic rings. The average molecular weight is 380 g/mol. The second-order valence-corrected chi connectivity index (χ2v) is 8.17. The molecule has 0 fully saturated rings. The van der Waals surface area contributed by atoms with Gasteiger partial charge in [-0.05, 0) is 35.1 Å². The van der Waals surface area contributed by atoms with Gasteiger partial charge in [-0.25, -0.2) is 10.5 Å². The van der Waals surface area contributed by atoms with Gasteiger partial charge in [0.1, 0.15) is 5.82 Å². The number of rotatable bonds is 6. The summed E-state index contributed by atoms with van der Waals surface area (Å²) < 4.78 is 2.17. The summed E-state index contributed by atoms with van der Waals surface area (Å²) in [5.41, 5.74) is 12.0. The third-order valence-electron chi connectivity index (χ3n) is 5.02. The molecule has 0 spiro atoms. The van der Waals surface area contributed by atoms with Gasteiger partial charge in [0.05, 0.1) is 17.1 Å². The zero-order chi connectivity index (χ0) is 20.3. The molecule has 28 heavy (non-hydrogen) atoms. The van der Waals surface area contributed by atoms with Crippen LogP contribution in [0.3, 0.4) is 0 Å². The molecule has 0 bridgehead atoms. The van der Waals surface area contributed by atoms with Crippen LogP contribution >= 0.6 is 0 Å². The number of amides is 1. The summed E-state index contributed by atoms with van der Waals surface area (Å²) in [4.78, 5) is 16.2. The molecule has 0 radical (unpaired) electrons. The number of hydroxylamine groups is 1. The monoisotopic (exact) mass is 380 g/mol. The zero-order valence-electron chi connectivity index (χ0n) is 16.6. The molecule has 3 rings (SSSR count). The largest absolute Gasteiger partial charge is 0.323 e. The Labute approximate surface area is 165 Å². The van der Waals surface area contributed by atoms with Gasteiger partial charge in [0.25, 0.3) is 5.91 Å². The summed E-state index contributed by atoms with van der Waals surface area (Å²) >= 11 is 0. The van der Waals surface area contributed by atoms with E-state index in [-0.39, 0.29) is 5.41 Å². The number of aryl methyl sites for hydroxylation is 1. The Kier molecular flexibility index (Phi) is 5.82. The van der Waals surface area contributed by atoms with E-state index in [0.29, 0.717) is 19.4 Å². The Morgan fingerprint density at radius 3 is 2.50 bits per heavy atom. The van der Waals surface area contributed by atoms with Crippen molar-refractivity contribution >= 4 is 16.9 Å². The summed E-state index contributed by atoms with van der Waals surface area (Å²) in [6.45, 7) is 7.31. The van der Waals surface area contributed by atoms with Crippen LogP contribution in [0.1, 0.15) is 44.1 Å². The third-order valence-corrected chi connectivity index (χ3v) is 5.02. The van der Waals surface area contributed by atoms with E-state index in [1.54, 1.807) is 5.48 Å². The van der Waals surface area contributed by atoms with Crippen LogP contribution in [0.15, 0.2) is 48.5 Å². The molecule has 1 atom stereocenters. The quantitative estimate of drug-likeness (QED) is 0.452. The molecule has 0 saturated carbocycles. The molecule has 2 aromatic carbocycles. The smallest absolute Gasteiger partial charge is 0.260 e. The van der Waals surface area contributed by atoms with E-state index in [0.717, 1.165) is 16.9 Å². The molecule has 1 amide bonds. The van der Waals surface area contributed by atoms with E-state index in [1.165, 1.54) is 11.1 Å². The second-order valence-electron chi connectivity index (χ2n) is 8.17. The number of carbonyl (C=O) groups is 1. The summed E-state index contributed by atoms with van der Waals surface area (Å²) in [6.07, 6.45) is 0.946. The molecule has 6 heteroatoms. The molecular formula is C22H28N4O2. The van der Waals surface area contributed by atoms with Gasteiger partial charge in [0, 0.05) is 13.0 Å². The topological polar surface area (TPSA) is 93.2 Å². The van der Waals surface area contributed by atoms with E-state index in [2.05, 4.69) is 55.7 Å². The number of hydrogen-bond acceptors (Lipinski definition) is 4. The Morgan fingerprint density at radius 1 is 1.18 bits per heavy atom. The highest BCUT2D eigenvalue weighted by Gasteiger charge is 2.17. The number of hydrogen-bond donors (Lipinski definition) is 3. The molecule has 1 aromatic heterocycles. The van der Waals surface area contributed by atoms with Crippen molar-refractivity contribution in [1.82, 2.24) is 15.0 Å². The maximum Gasteiger partial charge on any atom is 0.260 e. The Morgan fingerprint density at radius 2 is 1.86 bits per heavy atom. The fourth-order valence-electron chi connectivity index (χ4n) is 3.28. The SMILES string of the molecule is CC(C)(C)c1ccc(Cn2c(CC[C@H](N)C(=O)NO)nc3ccccc32)cc1. The van der Waals surface area contributed by atoms with Gasteiger partial charge in [-0.1, -0.05) is 57.2 Å². The molecular weight excluding hydrogens is 352 g/mol. The summed E-state index contributed by atoms with van der Waals surface area (Å²) in [5.74, 6) is 0.294. The lowest BCUT2D eigenvalue weighted by molar-refractivity contribution is -0.130. The highest BCUT2D eigenvalue weighted by Crippen LogP contribution is 2.24. The van der Waals surface area contributed by atoms with Crippen molar-refractivity contribution in [1.29, 1.82) is 0 Å². The molecule has 4 N–H and O–H groups in total. The number of aromatic nitrogens is 2. The lowest BCUT2D eigenvalue weighted by atomic mass is 9.87. The maximum atomic E-state index is 11.5. The molecule has 148 valence electrons. The number of para-hydroxylation sites is 2. The first-order chi connectivity index (χ1) is 13.3. The van der Waals surface area contributed by atoms with Crippen molar-refractivity contribution in [2.24, 2.45) is 5.73 Å². The van der Waals surface area contributed by atoms with Crippen LogP contribution in [0.2, 0.25) is 0 Å². The van der Waals surface area contributed by atoms with Crippen molar-refractivity contribution < 1.29 is 10.0 Å². The van der Waals surface area contributed by atoms with Gasteiger partial charge in [0.2, 0.25) is 0 Å². The zero-order valence-corrected chi connectivity index (χ0v) is 16.6. The van der Waals surface area contributed by atoms with Crippen molar-refractivity contribution in [2.45, 2.75) is 51.6 Å². The van der Waals surface area contributed by atoms with Crippen molar-refractivity contribution in [3.63, 3.8) is 0 Å². The molecule has 6 nitrogen and oxygen atoms in total. The van der Waals surface area contributed by atoms with E-state index in [4.69, 9.17) is 15.9 Å². The third kappa shape index (κ3) is 4.40. The minimum Gasteiger partial charge on any atom is -0.323 e. The Hall–Kier alpha value is -2.70. The number of carbonyl (C=O) groups excluding carboxylic acids is 1.